The second-order valence-corrected chi connectivity index (χ2v) is 6.56. The highest BCUT2D eigenvalue weighted by molar-refractivity contribution is 9.10. The number of hydrogen-bond acceptors (Lipinski definition) is 2. The lowest BCUT2D eigenvalue weighted by Gasteiger charge is -2.25. The quantitative estimate of drug-likeness (QED) is 0.834. The maximum Gasteiger partial charge on any atom is 0.254 e. The lowest BCUT2D eigenvalue weighted by atomic mass is 10.0. The number of benzene rings is 2. The summed E-state index contributed by atoms with van der Waals surface area (Å²) in [5.74, 6) is -0.920. The van der Waals surface area contributed by atoms with Gasteiger partial charge in [-0.1, -0.05) is 46.3 Å². The molecule has 0 unspecified atom stereocenters. The highest BCUT2D eigenvalue weighted by Crippen LogP contribution is 2.15. The highest BCUT2D eigenvalue weighted by atomic mass is 79.9. The number of rotatable bonds is 6. The second-order valence-electron chi connectivity index (χ2n) is 5.64. The summed E-state index contributed by atoms with van der Waals surface area (Å²) in [5, 5.41) is 2.83. The summed E-state index contributed by atoms with van der Waals surface area (Å²) in [4.78, 5) is 14.2. The third kappa shape index (κ3) is 5.15. The van der Waals surface area contributed by atoms with Crippen molar-refractivity contribution in [1.82, 2.24) is 10.2 Å². The molecule has 1 atom stereocenters. The molecule has 0 heterocycles. The van der Waals surface area contributed by atoms with E-state index >= 15 is 0 Å². The first-order valence-corrected chi connectivity index (χ1v) is 8.20. The molecular formula is C18H20BrFN2O. The molecule has 2 aromatic rings. The molecule has 0 radical (unpaired) electrons. The normalized spacial score (nSPS) is 12.2. The summed E-state index contributed by atoms with van der Waals surface area (Å²) in [6.07, 6.45) is 0.816. The smallest absolute Gasteiger partial charge is 0.254 e. The van der Waals surface area contributed by atoms with Crippen LogP contribution >= 0.6 is 15.9 Å². The Labute approximate surface area is 144 Å². The fourth-order valence-electron chi connectivity index (χ4n) is 2.30. The Morgan fingerprint density at radius 1 is 1.22 bits per heavy atom. The van der Waals surface area contributed by atoms with Crippen molar-refractivity contribution >= 4 is 21.8 Å². The largest absolute Gasteiger partial charge is 0.350 e. The zero-order valence-corrected chi connectivity index (χ0v) is 14.8. The summed E-state index contributed by atoms with van der Waals surface area (Å²) in [7, 11) is 3.94. The van der Waals surface area contributed by atoms with E-state index in [1.54, 1.807) is 6.07 Å². The van der Waals surface area contributed by atoms with E-state index in [0.29, 0.717) is 11.0 Å². The molecule has 0 bridgehead atoms. The molecular weight excluding hydrogens is 359 g/mol. The molecule has 5 heteroatoms. The van der Waals surface area contributed by atoms with Gasteiger partial charge in [-0.05, 0) is 44.3 Å². The van der Waals surface area contributed by atoms with Crippen LogP contribution in [-0.4, -0.2) is 37.5 Å². The fraction of sp³-hybridized carbons (Fsp3) is 0.278. The monoisotopic (exact) mass is 378 g/mol. The maximum atomic E-state index is 13.8. The summed E-state index contributed by atoms with van der Waals surface area (Å²) in [6, 6.07) is 14.7. The van der Waals surface area contributed by atoms with Crippen LogP contribution in [0.3, 0.4) is 0 Å². The van der Waals surface area contributed by atoms with Gasteiger partial charge in [-0.25, -0.2) is 4.39 Å². The van der Waals surface area contributed by atoms with E-state index in [4.69, 9.17) is 0 Å². The van der Waals surface area contributed by atoms with Gasteiger partial charge < -0.3 is 10.2 Å². The van der Waals surface area contributed by atoms with Crippen molar-refractivity contribution in [2.24, 2.45) is 0 Å². The molecule has 2 rings (SSSR count). The highest BCUT2D eigenvalue weighted by Gasteiger charge is 2.16. The van der Waals surface area contributed by atoms with Crippen molar-refractivity contribution in [3.05, 3.63) is 69.9 Å². The predicted molar refractivity (Wildman–Crippen MR) is 94.1 cm³/mol. The molecule has 23 heavy (non-hydrogen) atoms. The van der Waals surface area contributed by atoms with Crippen molar-refractivity contribution in [2.45, 2.75) is 12.5 Å². The Morgan fingerprint density at radius 3 is 2.52 bits per heavy atom. The average molecular weight is 379 g/mol. The molecule has 0 aliphatic rings. The standard InChI is InChI=1S/C18H20BrFN2O/c1-22(2)15(10-13-6-4-3-5-7-13)12-21-18(23)16-9-8-14(19)11-17(16)20/h3-9,11,15H,10,12H2,1-2H3,(H,21,23)/t15-/m1/s1. The number of halogens is 2. The summed E-state index contributed by atoms with van der Waals surface area (Å²) < 4.78 is 14.4. The topological polar surface area (TPSA) is 32.3 Å². The Hall–Kier alpha value is -1.72. The first-order chi connectivity index (χ1) is 11.0. The molecule has 0 saturated heterocycles. The third-order valence-corrected chi connectivity index (χ3v) is 4.21. The van der Waals surface area contributed by atoms with Gasteiger partial charge in [0.05, 0.1) is 5.56 Å². The van der Waals surface area contributed by atoms with Crippen LogP contribution in [0.5, 0.6) is 0 Å². The molecule has 1 amide bonds. The van der Waals surface area contributed by atoms with E-state index in [2.05, 4.69) is 38.3 Å². The van der Waals surface area contributed by atoms with Crippen LogP contribution in [0.15, 0.2) is 53.0 Å². The Kier molecular flexibility index (Phi) is 6.30. The molecule has 122 valence electrons. The van der Waals surface area contributed by atoms with Crippen LogP contribution in [-0.2, 0) is 6.42 Å². The molecule has 3 nitrogen and oxygen atoms in total. The number of nitrogens with zero attached hydrogens (tertiary/aromatic N) is 1. The van der Waals surface area contributed by atoms with Gasteiger partial charge in [0.1, 0.15) is 5.82 Å². The minimum absolute atomic E-state index is 0.0606. The van der Waals surface area contributed by atoms with Crippen LogP contribution in [0.25, 0.3) is 0 Å². The molecule has 0 spiro atoms. The number of hydrogen-bond donors (Lipinski definition) is 1. The maximum absolute atomic E-state index is 13.8. The van der Waals surface area contributed by atoms with Gasteiger partial charge in [-0.15, -0.1) is 0 Å². The van der Waals surface area contributed by atoms with Crippen molar-refractivity contribution in [1.29, 1.82) is 0 Å². The van der Waals surface area contributed by atoms with Gasteiger partial charge in [-0.3, -0.25) is 4.79 Å². The van der Waals surface area contributed by atoms with Crippen LogP contribution in [0.1, 0.15) is 15.9 Å². The van der Waals surface area contributed by atoms with E-state index in [1.165, 1.54) is 17.7 Å². The zero-order chi connectivity index (χ0) is 16.8. The fourth-order valence-corrected chi connectivity index (χ4v) is 2.64. The minimum atomic E-state index is -0.527. The van der Waals surface area contributed by atoms with Gasteiger partial charge in [0, 0.05) is 17.1 Å². The average Bonchev–Trinajstić information content (AvgIpc) is 2.51. The summed E-state index contributed by atoms with van der Waals surface area (Å²) in [6.45, 7) is 0.455. The first-order valence-electron chi connectivity index (χ1n) is 7.41. The predicted octanol–water partition coefficient (Wildman–Crippen LogP) is 3.49. The molecule has 2 aromatic carbocycles. The molecule has 0 saturated carbocycles. The number of amides is 1. The number of carbonyl (C=O) groups is 1. The van der Waals surface area contributed by atoms with Gasteiger partial charge in [0.25, 0.3) is 5.91 Å². The molecule has 0 fully saturated rings. The lowest BCUT2D eigenvalue weighted by Crippen LogP contribution is -2.41. The van der Waals surface area contributed by atoms with Crippen LogP contribution in [0, 0.1) is 5.82 Å². The Morgan fingerprint density at radius 2 is 1.91 bits per heavy atom. The second kappa shape index (κ2) is 8.22. The minimum Gasteiger partial charge on any atom is -0.350 e. The van der Waals surface area contributed by atoms with Crippen LogP contribution < -0.4 is 5.32 Å². The van der Waals surface area contributed by atoms with Crippen molar-refractivity contribution in [3.8, 4) is 0 Å². The van der Waals surface area contributed by atoms with Crippen LogP contribution in [0.2, 0.25) is 0 Å². The van der Waals surface area contributed by atoms with E-state index in [9.17, 15) is 9.18 Å². The van der Waals surface area contributed by atoms with Gasteiger partial charge in [0.2, 0.25) is 0 Å². The van der Waals surface area contributed by atoms with E-state index in [-0.39, 0.29) is 11.6 Å². The number of nitrogens with one attached hydrogen (secondary N) is 1. The van der Waals surface area contributed by atoms with Gasteiger partial charge in [0.15, 0.2) is 0 Å². The van der Waals surface area contributed by atoms with E-state index in [0.717, 1.165) is 6.42 Å². The molecule has 1 N–H and O–H groups in total. The Balaban J connectivity index is 1.99. The Bertz CT molecular complexity index is 661. The van der Waals surface area contributed by atoms with Gasteiger partial charge >= 0.3 is 0 Å². The van der Waals surface area contributed by atoms with E-state index in [1.807, 2.05) is 32.3 Å². The van der Waals surface area contributed by atoms with Crippen LogP contribution in [0.4, 0.5) is 4.39 Å². The van der Waals surface area contributed by atoms with Gasteiger partial charge in [-0.2, -0.15) is 0 Å². The van der Waals surface area contributed by atoms with E-state index < -0.39 is 11.7 Å². The summed E-state index contributed by atoms with van der Waals surface area (Å²) >= 11 is 3.19. The molecule has 0 aliphatic carbocycles. The molecule has 0 aliphatic heterocycles. The third-order valence-electron chi connectivity index (χ3n) is 3.72. The SMILES string of the molecule is CN(C)[C@@H](CNC(=O)c1ccc(Br)cc1F)Cc1ccccc1. The number of likely N-dealkylation sites (N-methyl/N-ethyl adjacent to an activating group) is 1. The summed E-state index contributed by atoms with van der Waals surface area (Å²) in [5.41, 5.74) is 1.26. The lowest BCUT2D eigenvalue weighted by molar-refractivity contribution is 0.0937. The molecule has 0 aromatic heterocycles. The van der Waals surface area contributed by atoms with Crippen molar-refractivity contribution in [3.63, 3.8) is 0 Å². The zero-order valence-electron chi connectivity index (χ0n) is 13.2. The number of carbonyl (C=O) groups excluding carboxylic acids is 1. The first kappa shape index (κ1) is 17.6. The van der Waals surface area contributed by atoms with Crippen molar-refractivity contribution < 1.29 is 9.18 Å². The van der Waals surface area contributed by atoms with Crippen molar-refractivity contribution in [2.75, 3.05) is 20.6 Å².